The molecule has 7 nitrogen and oxygen atoms in total. The number of unbranched alkanes of at least 4 members (excludes halogenated alkanes) is 1. The summed E-state index contributed by atoms with van der Waals surface area (Å²) < 4.78 is 3.59. The van der Waals surface area contributed by atoms with Gasteiger partial charge in [0, 0.05) is 18.8 Å². The molecule has 4 aromatic rings. The molecule has 0 aliphatic rings. The Morgan fingerprint density at radius 1 is 1.06 bits per heavy atom. The van der Waals surface area contributed by atoms with Gasteiger partial charge in [-0.15, -0.1) is 10.2 Å². The lowest BCUT2D eigenvalue weighted by Crippen LogP contribution is -2.36. The van der Waals surface area contributed by atoms with Crippen LogP contribution >= 0.6 is 11.8 Å². The van der Waals surface area contributed by atoms with E-state index in [1.807, 2.05) is 72.8 Å². The summed E-state index contributed by atoms with van der Waals surface area (Å²) in [5.41, 5.74) is 1.57. The number of para-hydroxylation sites is 2. The van der Waals surface area contributed by atoms with Crippen molar-refractivity contribution >= 4 is 40.0 Å². The van der Waals surface area contributed by atoms with Gasteiger partial charge in [-0.2, -0.15) is 0 Å². The zero-order valence-electron chi connectivity index (χ0n) is 18.6. The number of carbonyl (C=O) groups is 1. The number of hydrogen-bond donors (Lipinski definition) is 0. The lowest BCUT2D eigenvalue weighted by molar-refractivity contribution is -0.117. The van der Waals surface area contributed by atoms with Gasteiger partial charge >= 0.3 is 0 Å². The average molecular weight is 450 g/mol. The van der Waals surface area contributed by atoms with Gasteiger partial charge in [-0.25, -0.2) is 0 Å². The lowest BCUT2D eigenvalue weighted by atomic mass is 10.2. The Bertz CT molecular complexity index is 1300. The molecule has 1 unspecified atom stereocenters. The third kappa shape index (κ3) is 4.02. The fourth-order valence-corrected chi connectivity index (χ4v) is 4.75. The number of hydrogen-bond acceptors (Lipinski definition) is 5. The van der Waals surface area contributed by atoms with E-state index in [-0.39, 0.29) is 16.7 Å². The van der Waals surface area contributed by atoms with Gasteiger partial charge in [0.2, 0.25) is 11.7 Å². The minimum absolute atomic E-state index is 0.00376. The molecule has 8 heteroatoms. The first-order valence-electron chi connectivity index (χ1n) is 11.0. The number of nitrogens with zero attached hydrogens (tertiary/aromatic N) is 5. The zero-order chi connectivity index (χ0) is 22.7. The molecule has 0 fully saturated rings. The minimum atomic E-state index is -0.377. The Morgan fingerprint density at radius 2 is 1.78 bits per heavy atom. The van der Waals surface area contributed by atoms with Crippen molar-refractivity contribution in [3.05, 3.63) is 65.0 Å². The largest absolute Gasteiger partial charge is 0.312 e. The number of thioether (sulfide) groups is 1. The highest BCUT2D eigenvalue weighted by molar-refractivity contribution is 8.00. The van der Waals surface area contributed by atoms with Crippen LogP contribution in [0.3, 0.4) is 0 Å². The number of aryl methyl sites for hydroxylation is 1. The number of fused-ring (bicyclic) bond motifs is 3. The van der Waals surface area contributed by atoms with Gasteiger partial charge in [0.05, 0.1) is 16.2 Å². The van der Waals surface area contributed by atoms with Gasteiger partial charge in [0.15, 0.2) is 5.16 Å². The topological polar surface area (TPSA) is 72.5 Å². The second kappa shape index (κ2) is 9.56. The monoisotopic (exact) mass is 449 g/mol. The second-order valence-electron chi connectivity index (χ2n) is 7.62. The predicted octanol–water partition coefficient (Wildman–Crippen LogP) is 4.38. The lowest BCUT2D eigenvalue weighted by Gasteiger charge is -2.24. The van der Waals surface area contributed by atoms with Crippen LogP contribution in [0.1, 0.15) is 33.6 Å². The van der Waals surface area contributed by atoms with Crippen LogP contribution in [-0.2, 0) is 11.3 Å². The number of amides is 1. The Hall–Kier alpha value is -3.13. The highest BCUT2D eigenvalue weighted by Gasteiger charge is 2.25. The third-order valence-electron chi connectivity index (χ3n) is 5.49. The van der Waals surface area contributed by atoms with Crippen LogP contribution in [0.25, 0.3) is 16.7 Å². The van der Waals surface area contributed by atoms with Crippen molar-refractivity contribution in [2.45, 2.75) is 50.6 Å². The Kier molecular flexibility index (Phi) is 6.60. The van der Waals surface area contributed by atoms with Crippen molar-refractivity contribution in [3.63, 3.8) is 0 Å². The molecule has 32 heavy (non-hydrogen) atoms. The normalized spacial score (nSPS) is 12.3. The standard InChI is InChI=1S/C24H27N5O2S/c1-4-6-16-28-22(31)19-14-10-11-15-20(19)29-23(28)25-26-24(29)32-17(3)21(30)27(5-2)18-12-8-7-9-13-18/h7-15,17H,4-6,16H2,1-3H3. The van der Waals surface area contributed by atoms with E-state index in [9.17, 15) is 9.59 Å². The van der Waals surface area contributed by atoms with E-state index < -0.39 is 0 Å². The van der Waals surface area contributed by atoms with E-state index in [0.717, 1.165) is 24.0 Å². The van der Waals surface area contributed by atoms with Crippen LogP contribution < -0.4 is 10.5 Å². The predicted molar refractivity (Wildman–Crippen MR) is 129 cm³/mol. The molecule has 2 heterocycles. The summed E-state index contributed by atoms with van der Waals surface area (Å²) in [5.74, 6) is 0.517. The summed E-state index contributed by atoms with van der Waals surface area (Å²) in [5, 5.41) is 9.58. The summed E-state index contributed by atoms with van der Waals surface area (Å²) in [6, 6.07) is 17.2. The van der Waals surface area contributed by atoms with Gasteiger partial charge in [-0.3, -0.25) is 18.6 Å². The van der Waals surface area contributed by atoms with E-state index in [0.29, 0.717) is 29.4 Å². The highest BCUT2D eigenvalue weighted by atomic mass is 32.2. The van der Waals surface area contributed by atoms with E-state index in [4.69, 9.17) is 0 Å². The van der Waals surface area contributed by atoms with Crippen molar-refractivity contribution in [1.82, 2.24) is 19.2 Å². The molecule has 0 radical (unpaired) electrons. The Morgan fingerprint density at radius 3 is 2.50 bits per heavy atom. The van der Waals surface area contributed by atoms with Gasteiger partial charge < -0.3 is 4.90 Å². The van der Waals surface area contributed by atoms with Crippen molar-refractivity contribution < 1.29 is 4.79 Å². The molecule has 0 aliphatic heterocycles. The molecule has 166 valence electrons. The minimum Gasteiger partial charge on any atom is -0.312 e. The maximum absolute atomic E-state index is 13.3. The van der Waals surface area contributed by atoms with Crippen LogP contribution in [-0.4, -0.2) is 36.9 Å². The number of aromatic nitrogens is 4. The quantitative estimate of drug-likeness (QED) is 0.373. The van der Waals surface area contributed by atoms with E-state index in [1.165, 1.54) is 11.8 Å². The van der Waals surface area contributed by atoms with Crippen LogP contribution in [0.4, 0.5) is 5.69 Å². The number of anilines is 1. The molecule has 2 aromatic heterocycles. The molecule has 0 spiro atoms. The molecule has 1 amide bonds. The van der Waals surface area contributed by atoms with Crippen molar-refractivity contribution in [2.24, 2.45) is 0 Å². The van der Waals surface area contributed by atoms with Crippen molar-refractivity contribution in [1.29, 1.82) is 0 Å². The molecule has 0 saturated heterocycles. The van der Waals surface area contributed by atoms with Crippen LogP contribution in [0.5, 0.6) is 0 Å². The number of benzene rings is 2. The average Bonchev–Trinajstić information content (AvgIpc) is 3.23. The van der Waals surface area contributed by atoms with Crippen LogP contribution in [0, 0.1) is 0 Å². The maximum Gasteiger partial charge on any atom is 0.262 e. The Balaban J connectivity index is 1.74. The van der Waals surface area contributed by atoms with Crippen LogP contribution in [0.15, 0.2) is 64.5 Å². The molecule has 0 saturated carbocycles. The van der Waals surface area contributed by atoms with E-state index >= 15 is 0 Å². The molecular formula is C24H27N5O2S. The number of rotatable bonds is 8. The van der Waals surface area contributed by atoms with E-state index in [2.05, 4.69) is 17.1 Å². The Labute approximate surface area is 191 Å². The third-order valence-corrected chi connectivity index (χ3v) is 6.52. The summed E-state index contributed by atoms with van der Waals surface area (Å²) in [7, 11) is 0. The zero-order valence-corrected chi connectivity index (χ0v) is 19.4. The first-order chi connectivity index (χ1) is 15.6. The van der Waals surface area contributed by atoms with Gasteiger partial charge in [-0.1, -0.05) is 55.4 Å². The maximum atomic E-state index is 13.3. The molecule has 0 bridgehead atoms. The molecular weight excluding hydrogens is 422 g/mol. The smallest absolute Gasteiger partial charge is 0.262 e. The molecule has 0 N–H and O–H groups in total. The molecule has 4 rings (SSSR count). The fraction of sp³-hybridized carbons (Fsp3) is 0.333. The molecule has 0 aliphatic carbocycles. The SMILES string of the molecule is CCCCn1c(=O)c2ccccc2n2c(SC(C)C(=O)N(CC)c3ccccc3)nnc12. The van der Waals surface area contributed by atoms with Gasteiger partial charge in [-0.05, 0) is 44.5 Å². The van der Waals surface area contributed by atoms with Crippen molar-refractivity contribution in [3.8, 4) is 0 Å². The first kappa shape index (κ1) is 22.1. The summed E-state index contributed by atoms with van der Waals surface area (Å²) in [6.07, 6.45) is 1.85. The number of carbonyl (C=O) groups excluding carboxylic acids is 1. The summed E-state index contributed by atoms with van der Waals surface area (Å²) in [4.78, 5) is 28.1. The fourth-order valence-electron chi connectivity index (χ4n) is 3.83. The second-order valence-corrected chi connectivity index (χ2v) is 8.93. The van der Waals surface area contributed by atoms with Crippen LogP contribution in [0.2, 0.25) is 0 Å². The van der Waals surface area contributed by atoms with E-state index in [1.54, 1.807) is 9.47 Å². The highest BCUT2D eigenvalue weighted by Crippen LogP contribution is 2.27. The van der Waals surface area contributed by atoms with Gasteiger partial charge in [0.1, 0.15) is 0 Å². The summed E-state index contributed by atoms with van der Waals surface area (Å²) in [6.45, 7) is 7.10. The van der Waals surface area contributed by atoms with Gasteiger partial charge in [0.25, 0.3) is 5.56 Å². The summed E-state index contributed by atoms with van der Waals surface area (Å²) >= 11 is 1.36. The molecule has 2 aromatic carbocycles. The molecule has 1 atom stereocenters. The van der Waals surface area contributed by atoms with Crippen molar-refractivity contribution in [2.75, 3.05) is 11.4 Å². The first-order valence-corrected chi connectivity index (χ1v) is 11.8.